The van der Waals surface area contributed by atoms with E-state index in [-0.39, 0.29) is 11.9 Å². The number of benzene rings is 1. The molecule has 0 aliphatic heterocycles. The molecule has 1 aromatic carbocycles. The van der Waals surface area contributed by atoms with Crippen LogP contribution in [0, 0.1) is 0 Å². The van der Waals surface area contributed by atoms with Gasteiger partial charge in [-0.25, -0.2) is 0 Å². The molecule has 22 heavy (non-hydrogen) atoms. The van der Waals surface area contributed by atoms with Gasteiger partial charge in [-0.1, -0.05) is 30.3 Å². The maximum absolute atomic E-state index is 12.0. The van der Waals surface area contributed by atoms with Gasteiger partial charge in [0.05, 0.1) is 13.2 Å². The molecule has 5 nitrogen and oxygen atoms in total. The van der Waals surface area contributed by atoms with Gasteiger partial charge < -0.3 is 9.47 Å². The summed E-state index contributed by atoms with van der Waals surface area (Å²) in [5, 5.41) is 3.01. The van der Waals surface area contributed by atoms with Crippen LogP contribution in [0.25, 0.3) is 0 Å². The molecule has 122 valence electrons. The molecule has 1 rings (SSSR count). The molecule has 0 aliphatic carbocycles. The summed E-state index contributed by atoms with van der Waals surface area (Å²) in [7, 11) is 0. The van der Waals surface area contributed by atoms with Gasteiger partial charge in [0.15, 0.2) is 0 Å². The molecule has 0 radical (unpaired) electrons. The van der Waals surface area contributed by atoms with E-state index in [9.17, 15) is 9.59 Å². The van der Waals surface area contributed by atoms with E-state index >= 15 is 0 Å². The predicted molar refractivity (Wildman–Crippen MR) is 84.4 cm³/mol. The Hall–Kier alpha value is -1.88. The standard InChI is InChI=1S/C17H25NO4/c1-4-21-16(19)13(3)18-15(17(20)22-5-2)12-11-14-9-7-6-8-10-14/h6-10,13,15,18H,4-5,11-12H2,1-3H3/t13-,15?/m0/s1. The maximum Gasteiger partial charge on any atom is 0.323 e. The van der Waals surface area contributed by atoms with Gasteiger partial charge in [0, 0.05) is 0 Å². The fourth-order valence-corrected chi connectivity index (χ4v) is 2.10. The first-order valence-electron chi connectivity index (χ1n) is 7.71. The highest BCUT2D eigenvalue weighted by atomic mass is 16.5. The molecule has 0 aliphatic rings. The fourth-order valence-electron chi connectivity index (χ4n) is 2.10. The first-order chi connectivity index (χ1) is 10.6. The van der Waals surface area contributed by atoms with Crippen molar-refractivity contribution in [1.29, 1.82) is 0 Å². The minimum atomic E-state index is -0.551. The fraction of sp³-hybridized carbons (Fsp3) is 0.529. The second-order valence-electron chi connectivity index (χ2n) is 4.97. The molecule has 2 atom stereocenters. The summed E-state index contributed by atoms with van der Waals surface area (Å²) in [4.78, 5) is 23.7. The monoisotopic (exact) mass is 307 g/mol. The zero-order chi connectivity index (χ0) is 16.4. The third kappa shape index (κ3) is 6.26. The Balaban J connectivity index is 2.63. The molecule has 1 aromatic rings. The van der Waals surface area contributed by atoms with Crippen LogP contribution in [-0.4, -0.2) is 37.2 Å². The number of rotatable bonds is 9. The maximum atomic E-state index is 12.0. The van der Waals surface area contributed by atoms with Crippen LogP contribution < -0.4 is 5.32 Å². The van der Waals surface area contributed by atoms with Gasteiger partial charge in [0.2, 0.25) is 0 Å². The topological polar surface area (TPSA) is 64.6 Å². The molecule has 1 N–H and O–H groups in total. The second kappa shape index (κ2) is 9.95. The Kier molecular flexibility index (Phi) is 8.22. The summed E-state index contributed by atoms with van der Waals surface area (Å²) in [6, 6.07) is 8.82. The summed E-state index contributed by atoms with van der Waals surface area (Å²) in [5.74, 6) is -0.703. The van der Waals surface area contributed by atoms with Crippen LogP contribution in [0.3, 0.4) is 0 Å². The van der Waals surface area contributed by atoms with E-state index < -0.39 is 12.1 Å². The number of esters is 2. The van der Waals surface area contributed by atoms with Crippen LogP contribution in [0.4, 0.5) is 0 Å². The van der Waals surface area contributed by atoms with Crippen molar-refractivity contribution in [3.05, 3.63) is 35.9 Å². The first-order valence-corrected chi connectivity index (χ1v) is 7.71. The van der Waals surface area contributed by atoms with Crippen molar-refractivity contribution in [2.45, 2.75) is 45.7 Å². The van der Waals surface area contributed by atoms with Crippen molar-refractivity contribution in [2.24, 2.45) is 0 Å². The van der Waals surface area contributed by atoms with E-state index in [1.807, 2.05) is 30.3 Å². The summed E-state index contributed by atoms with van der Waals surface area (Å²) in [6.07, 6.45) is 1.29. The zero-order valence-electron chi connectivity index (χ0n) is 13.5. The van der Waals surface area contributed by atoms with Crippen molar-refractivity contribution in [1.82, 2.24) is 5.32 Å². The minimum Gasteiger partial charge on any atom is -0.465 e. The average molecular weight is 307 g/mol. The van der Waals surface area contributed by atoms with E-state index in [0.29, 0.717) is 19.6 Å². The third-order valence-corrected chi connectivity index (χ3v) is 3.23. The van der Waals surface area contributed by atoms with Gasteiger partial charge in [0.1, 0.15) is 12.1 Å². The molecular formula is C17H25NO4. The Morgan fingerprint density at radius 3 is 2.23 bits per heavy atom. The zero-order valence-corrected chi connectivity index (χ0v) is 13.5. The molecular weight excluding hydrogens is 282 g/mol. The number of carbonyl (C=O) groups excluding carboxylic acids is 2. The van der Waals surface area contributed by atoms with E-state index in [4.69, 9.17) is 9.47 Å². The highest BCUT2D eigenvalue weighted by molar-refractivity contribution is 5.79. The molecule has 0 amide bonds. The number of hydrogen-bond acceptors (Lipinski definition) is 5. The van der Waals surface area contributed by atoms with Crippen molar-refractivity contribution >= 4 is 11.9 Å². The molecule has 0 saturated heterocycles. The van der Waals surface area contributed by atoms with Crippen molar-refractivity contribution in [3.8, 4) is 0 Å². The quantitative estimate of drug-likeness (QED) is 0.708. The third-order valence-electron chi connectivity index (χ3n) is 3.23. The lowest BCUT2D eigenvalue weighted by Crippen LogP contribution is -2.47. The highest BCUT2D eigenvalue weighted by Crippen LogP contribution is 2.07. The lowest BCUT2D eigenvalue weighted by atomic mass is 10.0. The molecule has 0 aromatic heterocycles. The van der Waals surface area contributed by atoms with Crippen LogP contribution in [0.5, 0.6) is 0 Å². The van der Waals surface area contributed by atoms with Crippen LogP contribution in [0.15, 0.2) is 30.3 Å². The molecule has 1 unspecified atom stereocenters. The Morgan fingerprint density at radius 1 is 1.05 bits per heavy atom. The summed E-state index contributed by atoms with van der Waals surface area (Å²) in [6.45, 7) is 5.84. The van der Waals surface area contributed by atoms with Crippen molar-refractivity contribution in [3.63, 3.8) is 0 Å². The van der Waals surface area contributed by atoms with Gasteiger partial charge >= 0.3 is 11.9 Å². The number of hydrogen-bond donors (Lipinski definition) is 1. The van der Waals surface area contributed by atoms with Gasteiger partial charge in [-0.05, 0) is 39.2 Å². The van der Waals surface area contributed by atoms with Gasteiger partial charge in [-0.15, -0.1) is 0 Å². The molecule has 0 heterocycles. The number of nitrogens with one attached hydrogen (secondary N) is 1. The average Bonchev–Trinajstić information content (AvgIpc) is 2.52. The molecule has 0 fully saturated rings. The molecule has 0 saturated carbocycles. The first kappa shape index (κ1) is 18.2. The van der Waals surface area contributed by atoms with Crippen LogP contribution in [0.1, 0.15) is 32.8 Å². The normalized spacial score (nSPS) is 13.2. The minimum absolute atomic E-state index is 0.316. The summed E-state index contributed by atoms with van der Waals surface area (Å²) >= 11 is 0. The summed E-state index contributed by atoms with van der Waals surface area (Å²) in [5.41, 5.74) is 1.14. The number of aryl methyl sites for hydroxylation is 1. The van der Waals surface area contributed by atoms with E-state index in [2.05, 4.69) is 5.32 Å². The van der Waals surface area contributed by atoms with E-state index in [1.54, 1.807) is 20.8 Å². The van der Waals surface area contributed by atoms with Crippen molar-refractivity contribution < 1.29 is 19.1 Å². The van der Waals surface area contributed by atoms with Gasteiger partial charge in [-0.3, -0.25) is 14.9 Å². The largest absolute Gasteiger partial charge is 0.465 e. The second-order valence-corrected chi connectivity index (χ2v) is 4.97. The molecule has 0 spiro atoms. The van der Waals surface area contributed by atoms with E-state index in [0.717, 1.165) is 12.0 Å². The molecule has 5 heteroatoms. The lowest BCUT2D eigenvalue weighted by molar-refractivity contribution is -0.148. The molecule has 0 bridgehead atoms. The highest BCUT2D eigenvalue weighted by Gasteiger charge is 2.25. The van der Waals surface area contributed by atoms with Gasteiger partial charge in [0.25, 0.3) is 0 Å². The van der Waals surface area contributed by atoms with Crippen LogP contribution >= 0.6 is 0 Å². The number of ether oxygens (including phenoxy) is 2. The van der Waals surface area contributed by atoms with Crippen molar-refractivity contribution in [2.75, 3.05) is 13.2 Å². The van der Waals surface area contributed by atoms with Crippen LogP contribution in [0.2, 0.25) is 0 Å². The number of carbonyl (C=O) groups is 2. The van der Waals surface area contributed by atoms with Gasteiger partial charge in [-0.2, -0.15) is 0 Å². The lowest BCUT2D eigenvalue weighted by Gasteiger charge is -2.21. The Labute approximate surface area is 132 Å². The van der Waals surface area contributed by atoms with Crippen LogP contribution in [-0.2, 0) is 25.5 Å². The predicted octanol–water partition coefficient (Wildman–Crippen LogP) is 2.09. The Bertz CT molecular complexity index is 461. The van der Waals surface area contributed by atoms with E-state index in [1.165, 1.54) is 0 Å². The smallest absolute Gasteiger partial charge is 0.323 e. The SMILES string of the molecule is CCOC(=O)C(CCc1ccccc1)N[C@@H](C)C(=O)OCC. The Morgan fingerprint density at radius 2 is 1.64 bits per heavy atom. The summed E-state index contributed by atoms with van der Waals surface area (Å²) < 4.78 is 10.0.